The molecule has 0 saturated heterocycles. The van der Waals surface area contributed by atoms with Gasteiger partial charge < -0.3 is 0 Å². The highest BCUT2D eigenvalue weighted by Gasteiger charge is 2.52. The fourth-order valence-electron chi connectivity index (χ4n) is 28.7. The largest absolute Gasteiger partial charge is 0.0649 e. The third kappa shape index (κ3) is 24.3. The van der Waals surface area contributed by atoms with Crippen molar-refractivity contribution >= 4 is 0 Å². The van der Waals surface area contributed by atoms with Crippen molar-refractivity contribution in [3.8, 4) is 0 Å². The summed E-state index contributed by atoms with van der Waals surface area (Å²) < 4.78 is 0. The molecule has 0 nitrogen and oxygen atoms in total. The maximum atomic E-state index is 2.49. The lowest BCUT2D eigenvalue weighted by molar-refractivity contribution is -0.0545. The SMILES string of the molecule is CC(C)(C)C.CC1C2CCC(CC2)[C@H]1C.CC1CCC2(CC1)CC(C)(C)CC(C)(C)C2.CC1CCC2(CC1)CCC(C)(C)CC2.CC1CCC2(CCCC2)CC1.CC1CCC2(CCCCC2)CC1.CCC12CC3CC(CC(C3)C1)C2.C[C@@H]1C2CCC(CC2)C1(C)C.C[C@H]1CC2CCC1(C)CC2. The predicted octanol–water partition coefficient (Wildman–Crippen LogP) is 33.5. The molecule has 4 spiro atoms. The fourth-order valence-corrected chi connectivity index (χ4v) is 28.7. The third-order valence-electron chi connectivity index (χ3n) is 36.1. The summed E-state index contributed by atoms with van der Waals surface area (Å²) in [6.45, 7) is 53.0. The van der Waals surface area contributed by atoms with E-state index < -0.39 is 0 Å². The van der Waals surface area contributed by atoms with Gasteiger partial charge in [-0.15, -0.1) is 0 Å². The van der Waals surface area contributed by atoms with Crippen molar-refractivity contribution < 1.29 is 0 Å². The third-order valence-corrected chi connectivity index (χ3v) is 36.1. The minimum Gasteiger partial charge on any atom is -0.0649 e. The van der Waals surface area contributed by atoms with E-state index in [1.54, 1.807) is 89.9 Å². The molecule has 21 rings (SSSR count). The molecule has 590 valence electrons. The summed E-state index contributed by atoms with van der Waals surface area (Å²) in [5.74, 6) is 17.0. The van der Waals surface area contributed by atoms with E-state index in [4.69, 9.17) is 0 Å². The van der Waals surface area contributed by atoms with E-state index in [0.717, 1.165) is 122 Å². The highest BCUT2D eigenvalue weighted by atomic mass is 14.6. The molecule has 10 bridgehead atoms. The van der Waals surface area contributed by atoms with E-state index in [9.17, 15) is 0 Å². The highest BCUT2D eigenvalue weighted by Crippen LogP contribution is 2.63. The van der Waals surface area contributed by atoms with Gasteiger partial charge in [0.2, 0.25) is 0 Å². The number of rotatable bonds is 1. The van der Waals surface area contributed by atoms with Crippen LogP contribution in [0.2, 0.25) is 0 Å². The molecule has 1 unspecified atom stereocenters. The first kappa shape index (κ1) is 85.0. The molecule has 21 aliphatic carbocycles. The van der Waals surface area contributed by atoms with Crippen LogP contribution in [-0.2, 0) is 0 Å². The van der Waals surface area contributed by atoms with E-state index in [0.29, 0.717) is 32.5 Å². The molecule has 21 aliphatic rings. The lowest BCUT2D eigenvalue weighted by atomic mass is 9.49. The van der Waals surface area contributed by atoms with E-state index in [1.165, 1.54) is 244 Å². The molecule has 0 aromatic carbocycles. The summed E-state index contributed by atoms with van der Waals surface area (Å²) >= 11 is 0. The maximum Gasteiger partial charge on any atom is -0.0287 e. The Hall–Kier alpha value is 0. The Morgan fingerprint density at radius 1 is 0.297 bits per heavy atom. The van der Waals surface area contributed by atoms with Crippen LogP contribution in [0.4, 0.5) is 0 Å². The molecule has 0 aromatic rings. The van der Waals surface area contributed by atoms with Gasteiger partial charge in [0, 0.05) is 0 Å². The Kier molecular flexibility index (Phi) is 29.9. The van der Waals surface area contributed by atoms with E-state index >= 15 is 0 Å². The molecule has 4 atom stereocenters. The predicted molar refractivity (Wildman–Crippen MR) is 448 cm³/mol. The summed E-state index contributed by atoms with van der Waals surface area (Å²) in [5, 5.41) is 0. The van der Waals surface area contributed by atoms with Crippen molar-refractivity contribution in [3.63, 3.8) is 0 Å². The zero-order valence-electron chi connectivity index (χ0n) is 73.5. The Labute approximate surface area is 636 Å². The quantitative estimate of drug-likeness (QED) is 0.245. The van der Waals surface area contributed by atoms with Crippen LogP contribution in [0.5, 0.6) is 0 Å². The topological polar surface area (TPSA) is 0 Å². The first-order valence-electron chi connectivity index (χ1n) is 47.3. The van der Waals surface area contributed by atoms with Gasteiger partial charge in [-0.2, -0.15) is 0 Å². The molecule has 0 heterocycles. The number of hydrogen-bond donors (Lipinski definition) is 0. The Morgan fingerprint density at radius 2 is 0.624 bits per heavy atom. The molecule has 21 saturated carbocycles. The van der Waals surface area contributed by atoms with Crippen LogP contribution in [0.25, 0.3) is 0 Å². The lowest BCUT2D eigenvalue weighted by Crippen LogP contribution is -2.45. The second kappa shape index (κ2) is 35.6. The molecule has 0 radical (unpaired) electrons. The van der Waals surface area contributed by atoms with Crippen molar-refractivity contribution in [3.05, 3.63) is 0 Å². The average Bonchev–Trinajstić information content (AvgIpc) is 1.04. The van der Waals surface area contributed by atoms with Crippen LogP contribution in [0.15, 0.2) is 0 Å². The minimum atomic E-state index is 0.500. The molecule has 0 aromatic heterocycles. The van der Waals surface area contributed by atoms with Gasteiger partial charge in [0.1, 0.15) is 0 Å². The Bertz CT molecular complexity index is 2240. The van der Waals surface area contributed by atoms with Gasteiger partial charge in [-0.25, -0.2) is 0 Å². The molecule has 21 fully saturated rings. The summed E-state index contributed by atoms with van der Waals surface area (Å²) in [5.41, 5.74) is 7.72. The maximum absolute atomic E-state index is 2.49. The van der Waals surface area contributed by atoms with Crippen molar-refractivity contribution in [1.29, 1.82) is 0 Å². The summed E-state index contributed by atoms with van der Waals surface area (Å²) in [6, 6.07) is 0. The van der Waals surface area contributed by atoms with Crippen LogP contribution in [0.3, 0.4) is 0 Å². The Balaban J connectivity index is 0.000000134. The first-order valence-corrected chi connectivity index (χ1v) is 47.3. The van der Waals surface area contributed by atoms with Gasteiger partial charge >= 0.3 is 0 Å². The van der Waals surface area contributed by atoms with Gasteiger partial charge in [0.15, 0.2) is 0 Å². The van der Waals surface area contributed by atoms with Crippen molar-refractivity contribution in [2.45, 2.75) is 486 Å². The monoisotopic (exact) mass is 1400 g/mol. The van der Waals surface area contributed by atoms with Crippen molar-refractivity contribution in [2.24, 2.45) is 154 Å². The molecular weight excluding hydrogens is 1210 g/mol. The minimum absolute atomic E-state index is 0.500. The van der Waals surface area contributed by atoms with Crippen LogP contribution in [0.1, 0.15) is 486 Å². The van der Waals surface area contributed by atoms with Gasteiger partial charge in [-0.05, 0) is 398 Å². The second-order valence-corrected chi connectivity index (χ2v) is 48.6. The standard InChI is InChI=1S/C16H30.C14H26.C12H20.C12H22.2C11H20.2C10H18.C5H12/c1-13-6-8-16(9-7-13)11-14(2,3)10-15(4,5)12-16;1-12-4-6-14(7-5-12)10-8-13(2,3)9-11-14;1-2-12-6-9-3-10(7-12)5-11(4-9)8-12;1-11-5-9-12(10-6-11)7-3-2-4-8-12;1-8-9-4-6-10(7-5-9)11(8,2)3;1-10-4-8-11(9-5-10)6-2-3-7-11;1-8-7-9-3-5-10(8,2)6-4-9;1-7-8(2)10-5-3-9(7)4-6-10;1-5(2,3)4/h13H,6-12H2,1-5H3;12H,4-11H2,1-3H3;9-11H,2-8H2,1H3;11H,2-10H2,1H3;8-10H,4-7H2,1-3H3;10H,2-9H2,1H3;8-9H,3-7H2,1-2H3;7-10H,3-6H2,1-2H3;1-4H3/t;;;;8-,9?,10?;;8-,9?,10?;7-,8?,9?,10?;/m....1.00./s1. The zero-order chi connectivity index (χ0) is 73.5. The summed E-state index contributed by atoms with van der Waals surface area (Å²) in [6.07, 6.45) is 79.3. The average molecular weight is 1400 g/mol. The molecule has 0 aliphatic heterocycles. The molecule has 0 N–H and O–H groups in total. The van der Waals surface area contributed by atoms with Gasteiger partial charge in [0.05, 0.1) is 0 Å². The normalized spacial score (nSPS) is 40.3. The summed E-state index contributed by atoms with van der Waals surface area (Å²) in [7, 11) is 0. The summed E-state index contributed by atoms with van der Waals surface area (Å²) in [4.78, 5) is 0. The van der Waals surface area contributed by atoms with E-state index in [-0.39, 0.29) is 0 Å². The van der Waals surface area contributed by atoms with E-state index in [1.807, 2.05) is 0 Å². The van der Waals surface area contributed by atoms with Crippen molar-refractivity contribution in [2.75, 3.05) is 0 Å². The van der Waals surface area contributed by atoms with Gasteiger partial charge in [-0.1, -0.05) is 242 Å². The molecule has 0 amide bonds. The smallest absolute Gasteiger partial charge is 0.0287 e. The first-order chi connectivity index (χ1) is 47.3. The molecular formula is C101H186. The molecule has 0 heteroatoms. The van der Waals surface area contributed by atoms with Gasteiger partial charge in [-0.3, -0.25) is 0 Å². The van der Waals surface area contributed by atoms with Crippen LogP contribution >= 0.6 is 0 Å². The van der Waals surface area contributed by atoms with Crippen LogP contribution in [-0.4, -0.2) is 0 Å². The van der Waals surface area contributed by atoms with Crippen LogP contribution in [0, 0.1) is 154 Å². The highest BCUT2D eigenvalue weighted by molar-refractivity contribution is 5.03. The fraction of sp³-hybridized carbons (Fsp3) is 1.00. The van der Waals surface area contributed by atoms with Crippen LogP contribution < -0.4 is 0 Å². The van der Waals surface area contributed by atoms with Gasteiger partial charge in [0.25, 0.3) is 0 Å². The van der Waals surface area contributed by atoms with E-state index in [2.05, 4.69) is 152 Å². The number of hydrogen-bond acceptors (Lipinski definition) is 0. The second-order valence-electron chi connectivity index (χ2n) is 48.6. The van der Waals surface area contributed by atoms with Crippen molar-refractivity contribution in [1.82, 2.24) is 0 Å². The Morgan fingerprint density at radius 3 is 0.911 bits per heavy atom. The molecule has 101 heavy (non-hydrogen) atoms. The number of fused-ring (bicyclic) bond motifs is 9. The lowest BCUT2D eigenvalue weighted by Gasteiger charge is -2.56. The zero-order valence-corrected chi connectivity index (χ0v) is 73.5.